The standard InChI is InChI=1S/C7H10O/c1-2-3-4-5-7-6-8-7/h7H,2,5-6H2,1H3/t7-/m1/s1. The summed E-state index contributed by atoms with van der Waals surface area (Å²) < 4.78 is 4.95. The molecule has 44 valence electrons. The molecule has 1 heterocycles. The summed E-state index contributed by atoms with van der Waals surface area (Å²) in [5.41, 5.74) is 0. The monoisotopic (exact) mass is 110 g/mol. The Kier molecular flexibility index (Phi) is 1.93. The molecule has 1 heteroatoms. The number of ether oxygens (including phenoxy) is 1. The lowest BCUT2D eigenvalue weighted by Crippen LogP contribution is -1.77. The van der Waals surface area contributed by atoms with Crippen LogP contribution >= 0.6 is 0 Å². The molecule has 0 unspecified atom stereocenters. The van der Waals surface area contributed by atoms with Crippen LogP contribution in [0.25, 0.3) is 0 Å². The summed E-state index contributed by atoms with van der Waals surface area (Å²) in [5.74, 6) is 6.01. The highest BCUT2D eigenvalue weighted by Gasteiger charge is 2.20. The molecule has 1 fully saturated rings. The zero-order chi connectivity index (χ0) is 5.82. The molecule has 0 saturated carbocycles. The molecule has 1 aliphatic rings. The molecule has 0 bridgehead atoms. The molecule has 0 aromatic rings. The van der Waals surface area contributed by atoms with Crippen LogP contribution in [0.4, 0.5) is 0 Å². The Morgan fingerprint density at radius 1 is 1.62 bits per heavy atom. The Bertz CT molecular complexity index is 114. The van der Waals surface area contributed by atoms with E-state index in [9.17, 15) is 0 Å². The van der Waals surface area contributed by atoms with Crippen LogP contribution < -0.4 is 0 Å². The molecule has 0 N–H and O–H groups in total. The highest BCUT2D eigenvalue weighted by Crippen LogP contribution is 2.11. The Labute approximate surface area is 50.0 Å². The maximum atomic E-state index is 4.95. The van der Waals surface area contributed by atoms with E-state index >= 15 is 0 Å². The van der Waals surface area contributed by atoms with Gasteiger partial charge in [-0.1, -0.05) is 6.92 Å². The quantitative estimate of drug-likeness (QED) is 0.365. The van der Waals surface area contributed by atoms with Crippen molar-refractivity contribution in [2.45, 2.75) is 25.9 Å². The van der Waals surface area contributed by atoms with Gasteiger partial charge in [0.2, 0.25) is 0 Å². The minimum absolute atomic E-state index is 0.481. The average molecular weight is 110 g/mol. The predicted molar refractivity (Wildman–Crippen MR) is 32.4 cm³/mol. The van der Waals surface area contributed by atoms with Crippen molar-refractivity contribution in [1.29, 1.82) is 0 Å². The minimum Gasteiger partial charge on any atom is -0.372 e. The maximum absolute atomic E-state index is 4.95. The Morgan fingerprint density at radius 3 is 2.88 bits per heavy atom. The van der Waals surface area contributed by atoms with E-state index in [1.165, 1.54) is 0 Å². The molecule has 1 nitrogen and oxygen atoms in total. The molecule has 8 heavy (non-hydrogen) atoms. The largest absolute Gasteiger partial charge is 0.372 e. The van der Waals surface area contributed by atoms with Crippen LogP contribution in [0.5, 0.6) is 0 Å². The van der Waals surface area contributed by atoms with Crippen molar-refractivity contribution in [2.24, 2.45) is 0 Å². The maximum Gasteiger partial charge on any atom is 0.0918 e. The van der Waals surface area contributed by atoms with Crippen LogP contribution in [-0.4, -0.2) is 12.7 Å². The van der Waals surface area contributed by atoms with E-state index in [1.807, 2.05) is 0 Å². The molecule has 0 aliphatic carbocycles. The number of hydrogen-bond acceptors (Lipinski definition) is 1. The van der Waals surface area contributed by atoms with Gasteiger partial charge in [0.15, 0.2) is 0 Å². The fraction of sp³-hybridized carbons (Fsp3) is 0.714. The van der Waals surface area contributed by atoms with Crippen molar-refractivity contribution in [3.05, 3.63) is 0 Å². The molecule has 1 rings (SSSR count). The van der Waals surface area contributed by atoms with Crippen LogP contribution in [0.15, 0.2) is 0 Å². The van der Waals surface area contributed by atoms with Crippen LogP contribution in [0, 0.1) is 11.8 Å². The first-order valence-corrected chi connectivity index (χ1v) is 3.01. The second-order valence-corrected chi connectivity index (χ2v) is 1.87. The second-order valence-electron chi connectivity index (χ2n) is 1.87. The van der Waals surface area contributed by atoms with Crippen LogP contribution in [0.2, 0.25) is 0 Å². The summed E-state index contributed by atoms with van der Waals surface area (Å²) in [4.78, 5) is 0. The molecule has 1 saturated heterocycles. The van der Waals surface area contributed by atoms with Gasteiger partial charge in [0, 0.05) is 12.8 Å². The third kappa shape index (κ3) is 1.99. The molecule has 0 aromatic carbocycles. The Morgan fingerprint density at radius 2 is 2.38 bits per heavy atom. The van der Waals surface area contributed by atoms with Crippen LogP contribution in [0.3, 0.4) is 0 Å². The SMILES string of the molecule is CCC#CC[C@@H]1CO1. The van der Waals surface area contributed by atoms with E-state index in [0.717, 1.165) is 19.4 Å². The molecule has 1 atom stereocenters. The van der Waals surface area contributed by atoms with Crippen molar-refractivity contribution in [2.75, 3.05) is 6.61 Å². The normalized spacial score (nSPS) is 23.9. The van der Waals surface area contributed by atoms with E-state index in [2.05, 4.69) is 18.8 Å². The first-order valence-electron chi connectivity index (χ1n) is 3.01. The second kappa shape index (κ2) is 2.74. The van der Waals surface area contributed by atoms with Gasteiger partial charge in [0.1, 0.15) is 0 Å². The van der Waals surface area contributed by atoms with Gasteiger partial charge in [-0.15, -0.1) is 11.8 Å². The summed E-state index contributed by atoms with van der Waals surface area (Å²) in [5, 5.41) is 0. The minimum atomic E-state index is 0.481. The lowest BCUT2D eigenvalue weighted by molar-refractivity contribution is 0.412. The lowest BCUT2D eigenvalue weighted by atomic mass is 10.3. The molecular formula is C7H10O. The van der Waals surface area contributed by atoms with E-state index in [-0.39, 0.29) is 0 Å². The van der Waals surface area contributed by atoms with Gasteiger partial charge in [-0.25, -0.2) is 0 Å². The van der Waals surface area contributed by atoms with Gasteiger partial charge in [0.05, 0.1) is 12.7 Å². The van der Waals surface area contributed by atoms with Gasteiger partial charge in [-0.2, -0.15) is 0 Å². The topological polar surface area (TPSA) is 12.5 Å². The van der Waals surface area contributed by atoms with Gasteiger partial charge >= 0.3 is 0 Å². The first kappa shape index (κ1) is 5.65. The number of hydrogen-bond donors (Lipinski definition) is 0. The molecule has 0 spiro atoms. The van der Waals surface area contributed by atoms with Crippen molar-refractivity contribution in [3.8, 4) is 11.8 Å². The van der Waals surface area contributed by atoms with Gasteiger partial charge in [-0.05, 0) is 0 Å². The fourth-order valence-corrected chi connectivity index (χ4v) is 0.497. The number of rotatable bonds is 1. The highest BCUT2D eigenvalue weighted by atomic mass is 16.6. The summed E-state index contributed by atoms with van der Waals surface area (Å²) in [7, 11) is 0. The zero-order valence-corrected chi connectivity index (χ0v) is 5.11. The smallest absolute Gasteiger partial charge is 0.0918 e. The molecule has 0 radical (unpaired) electrons. The van der Waals surface area contributed by atoms with E-state index in [1.54, 1.807) is 0 Å². The molecule has 1 aliphatic heterocycles. The number of epoxide rings is 1. The van der Waals surface area contributed by atoms with Crippen molar-refractivity contribution >= 4 is 0 Å². The fourth-order valence-electron chi connectivity index (χ4n) is 0.497. The van der Waals surface area contributed by atoms with Crippen molar-refractivity contribution in [1.82, 2.24) is 0 Å². The molecule has 0 amide bonds. The third-order valence-electron chi connectivity index (χ3n) is 1.03. The third-order valence-corrected chi connectivity index (χ3v) is 1.03. The summed E-state index contributed by atoms with van der Waals surface area (Å²) >= 11 is 0. The van der Waals surface area contributed by atoms with Gasteiger partial charge in [0.25, 0.3) is 0 Å². The summed E-state index contributed by atoms with van der Waals surface area (Å²) in [6.07, 6.45) is 2.38. The van der Waals surface area contributed by atoms with Crippen LogP contribution in [0.1, 0.15) is 19.8 Å². The highest BCUT2D eigenvalue weighted by molar-refractivity contribution is 5.01. The Hall–Kier alpha value is -0.480. The Balaban J connectivity index is 2.01. The van der Waals surface area contributed by atoms with Gasteiger partial charge in [-0.3, -0.25) is 0 Å². The predicted octanol–water partition coefficient (Wildman–Crippen LogP) is 1.19. The molecule has 0 aromatic heterocycles. The summed E-state index contributed by atoms with van der Waals surface area (Å²) in [6.45, 7) is 2.99. The van der Waals surface area contributed by atoms with E-state index in [4.69, 9.17) is 4.74 Å². The van der Waals surface area contributed by atoms with Crippen molar-refractivity contribution < 1.29 is 4.74 Å². The van der Waals surface area contributed by atoms with Crippen molar-refractivity contribution in [3.63, 3.8) is 0 Å². The average Bonchev–Trinajstić information content (AvgIpc) is 2.51. The lowest BCUT2D eigenvalue weighted by Gasteiger charge is -1.74. The van der Waals surface area contributed by atoms with Gasteiger partial charge < -0.3 is 4.74 Å². The summed E-state index contributed by atoms with van der Waals surface area (Å²) in [6, 6.07) is 0. The van der Waals surface area contributed by atoms with E-state index in [0.29, 0.717) is 6.10 Å². The zero-order valence-electron chi connectivity index (χ0n) is 5.11. The van der Waals surface area contributed by atoms with E-state index < -0.39 is 0 Å². The first-order chi connectivity index (χ1) is 3.93. The van der Waals surface area contributed by atoms with Crippen LogP contribution in [-0.2, 0) is 4.74 Å². The molecular weight excluding hydrogens is 100 g/mol.